The van der Waals surface area contributed by atoms with Gasteiger partial charge in [-0.3, -0.25) is 0 Å². The summed E-state index contributed by atoms with van der Waals surface area (Å²) in [5.74, 6) is 6.64. The third-order valence-electron chi connectivity index (χ3n) is 2.57. The van der Waals surface area contributed by atoms with Crippen LogP contribution in [-0.2, 0) is 0 Å². The van der Waals surface area contributed by atoms with E-state index in [1.54, 1.807) is 6.07 Å². The van der Waals surface area contributed by atoms with Gasteiger partial charge < -0.3 is 0 Å². The molecular weight excluding hydrogens is 227 g/mol. The van der Waals surface area contributed by atoms with Crippen LogP contribution in [0.5, 0.6) is 0 Å². The highest BCUT2D eigenvalue weighted by molar-refractivity contribution is 6.33. The largest absolute Gasteiger partial charge is 0.106 e. The molecule has 0 saturated carbocycles. The lowest BCUT2D eigenvalue weighted by Gasteiger charge is -2.17. The Bertz CT molecular complexity index is 399. The molecule has 0 aliphatic rings. The van der Waals surface area contributed by atoms with E-state index in [9.17, 15) is 0 Å². The van der Waals surface area contributed by atoms with Crippen molar-refractivity contribution in [2.75, 3.05) is 0 Å². The van der Waals surface area contributed by atoms with Crippen LogP contribution in [0.2, 0.25) is 10.0 Å². The van der Waals surface area contributed by atoms with Gasteiger partial charge in [0.2, 0.25) is 0 Å². The topological polar surface area (TPSA) is 0 Å². The van der Waals surface area contributed by atoms with Crippen LogP contribution in [0.3, 0.4) is 0 Å². The molecular formula is C13H14Cl2. The molecule has 0 radical (unpaired) electrons. The monoisotopic (exact) mass is 240 g/mol. The predicted octanol–water partition coefficient (Wildman–Crippen LogP) is 4.76. The zero-order valence-corrected chi connectivity index (χ0v) is 10.7. The molecule has 2 heteroatoms. The minimum atomic E-state index is 0.283. The summed E-state index contributed by atoms with van der Waals surface area (Å²) in [6, 6.07) is 5.56. The van der Waals surface area contributed by atoms with Crippen LogP contribution in [-0.4, -0.2) is 0 Å². The van der Waals surface area contributed by atoms with Gasteiger partial charge in [0.1, 0.15) is 0 Å². The molecule has 1 aromatic carbocycles. The first-order valence-corrected chi connectivity index (χ1v) is 5.69. The molecule has 0 fully saturated rings. The maximum atomic E-state index is 6.13. The van der Waals surface area contributed by atoms with Crippen molar-refractivity contribution in [1.29, 1.82) is 0 Å². The number of rotatable bonds is 2. The van der Waals surface area contributed by atoms with Gasteiger partial charge in [-0.15, -0.1) is 5.92 Å². The third kappa shape index (κ3) is 3.16. The zero-order chi connectivity index (χ0) is 11.4. The Labute approximate surface area is 102 Å². The molecule has 80 valence electrons. The average molecular weight is 241 g/mol. The first-order valence-electron chi connectivity index (χ1n) is 4.93. The third-order valence-corrected chi connectivity index (χ3v) is 3.15. The second-order valence-corrected chi connectivity index (χ2v) is 4.48. The van der Waals surface area contributed by atoms with Crippen LogP contribution >= 0.6 is 23.2 Å². The van der Waals surface area contributed by atoms with Gasteiger partial charge in [-0.05, 0) is 36.6 Å². The van der Waals surface area contributed by atoms with E-state index in [2.05, 4.69) is 25.7 Å². The van der Waals surface area contributed by atoms with Crippen molar-refractivity contribution in [2.24, 2.45) is 5.92 Å². The van der Waals surface area contributed by atoms with E-state index >= 15 is 0 Å². The van der Waals surface area contributed by atoms with E-state index in [0.29, 0.717) is 5.92 Å². The Morgan fingerprint density at radius 2 is 1.87 bits per heavy atom. The van der Waals surface area contributed by atoms with Crippen LogP contribution < -0.4 is 0 Å². The first kappa shape index (κ1) is 12.4. The minimum absolute atomic E-state index is 0.283. The SMILES string of the molecule is CC#CC(C)C(C)c1cc(Cl)ccc1Cl. The molecule has 0 bridgehead atoms. The Morgan fingerprint density at radius 3 is 2.47 bits per heavy atom. The van der Waals surface area contributed by atoms with Crippen LogP contribution in [0, 0.1) is 17.8 Å². The molecule has 0 aromatic heterocycles. The molecule has 15 heavy (non-hydrogen) atoms. The summed E-state index contributed by atoms with van der Waals surface area (Å²) in [4.78, 5) is 0. The van der Waals surface area contributed by atoms with E-state index < -0.39 is 0 Å². The average Bonchev–Trinajstić information content (AvgIpc) is 2.21. The molecule has 2 atom stereocenters. The predicted molar refractivity (Wildman–Crippen MR) is 67.5 cm³/mol. The summed E-state index contributed by atoms with van der Waals surface area (Å²) in [6.07, 6.45) is 0. The maximum Gasteiger partial charge on any atom is 0.0442 e. The summed E-state index contributed by atoms with van der Waals surface area (Å²) in [6.45, 7) is 6.06. The quantitative estimate of drug-likeness (QED) is 0.655. The molecule has 0 aliphatic heterocycles. The van der Waals surface area contributed by atoms with E-state index in [4.69, 9.17) is 23.2 Å². The lowest BCUT2D eigenvalue weighted by molar-refractivity contribution is 0.610. The first-order chi connectivity index (χ1) is 7.06. The van der Waals surface area contributed by atoms with Crippen LogP contribution in [0.4, 0.5) is 0 Å². The van der Waals surface area contributed by atoms with Gasteiger partial charge in [0.05, 0.1) is 0 Å². The van der Waals surface area contributed by atoms with Crippen molar-refractivity contribution < 1.29 is 0 Å². The van der Waals surface area contributed by atoms with Crippen LogP contribution in [0.1, 0.15) is 32.3 Å². The zero-order valence-electron chi connectivity index (χ0n) is 9.14. The highest BCUT2D eigenvalue weighted by Crippen LogP contribution is 2.31. The van der Waals surface area contributed by atoms with Crippen molar-refractivity contribution in [3.63, 3.8) is 0 Å². The molecule has 0 amide bonds. The second kappa shape index (κ2) is 5.45. The molecule has 0 nitrogen and oxygen atoms in total. The van der Waals surface area contributed by atoms with E-state index in [0.717, 1.165) is 15.6 Å². The fraction of sp³-hybridized carbons (Fsp3) is 0.385. The Balaban J connectivity index is 3.02. The van der Waals surface area contributed by atoms with Gasteiger partial charge >= 0.3 is 0 Å². The van der Waals surface area contributed by atoms with Gasteiger partial charge in [0.25, 0.3) is 0 Å². The number of hydrogen-bond donors (Lipinski definition) is 0. The fourth-order valence-electron chi connectivity index (χ4n) is 1.49. The van der Waals surface area contributed by atoms with Gasteiger partial charge in [-0.25, -0.2) is 0 Å². The van der Waals surface area contributed by atoms with Gasteiger partial charge in [0, 0.05) is 16.0 Å². The lowest BCUT2D eigenvalue weighted by Crippen LogP contribution is -2.04. The number of halogens is 2. The van der Waals surface area contributed by atoms with Crippen molar-refractivity contribution in [1.82, 2.24) is 0 Å². The summed E-state index contributed by atoms with van der Waals surface area (Å²) < 4.78 is 0. The summed E-state index contributed by atoms with van der Waals surface area (Å²) in [7, 11) is 0. The molecule has 0 spiro atoms. The van der Waals surface area contributed by atoms with Gasteiger partial charge in [-0.1, -0.05) is 43.0 Å². The van der Waals surface area contributed by atoms with E-state index in [-0.39, 0.29) is 5.92 Å². The normalized spacial score (nSPS) is 13.9. The smallest absolute Gasteiger partial charge is 0.0442 e. The van der Waals surface area contributed by atoms with Crippen molar-refractivity contribution in [3.05, 3.63) is 33.8 Å². The standard InChI is InChI=1S/C13H14Cl2/c1-4-5-9(2)10(3)12-8-11(14)6-7-13(12)15/h6-10H,1-3H3. The molecule has 2 unspecified atom stereocenters. The molecule has 0 N–H and O–H groups in total. The number of hydrogen-bond acceptors (Lipinski definition) is 0. The lowest BCUT2D eigenvalue weighted by atomic mass is 9.89. The van der Waals surface area contributed by atoms with Crippen LogP contribution in [0.15, 0.2) is 18.2 Å². The molecule has 0 aliphatic carbocycles. The van der Waals surface area contributed by atoms with Crippen molar-refractivity contribution in [3.8, 4) is 11.8 Å². The van der Waals surface area contributed by atoms with Crippen molar-refractivity contribution in [2.45, 2.75) is 26.7 Å². The van der Waals surface area contributed by atoms with Crippen molar-refractivity contribution >= 4 is 23.2 Å². The Hall–Kier alpha value is -0.640. The van der Waals surface area contributed by atoms with E-state index in [1.807, 2.05) is 19.1 Å². The van der Waals surface area contributed by atoms with Gasteiger partial charge in [0.15, 0.2) is 0 Å². The Morgan fingerprint density at radius 1 is 1.20 bits per heavy atom. The van der Waals surface area contributed by atoms with Crippen LogP contribution in [0.25, 0.3) is 0 Å². The summed E-state index contributed by atoms with van der Waals surface area (Å²) in [5, 5.41) is 1.48. The summed E-state index contributed by atoms with van der Waals surface area (Å²) >= 11 is 12.1. The highest BCUT2D eigenvalue weighted by Gasteiger charge is 2.15. The minimum Gasteiger partial charge on any atom is -0.106 e. The summed E-state index contributed by atoms with van der Waals surface area (Å²) in [5.41, 5.74) is 1.07. The maximum absolute atomic E-state index is 6.13. The molecule has 0 heterocycles. The van der Waals surface area contributed by atoms with E-state index in [1.165, 1.54) is 0 Å². The molecule has 1 aromatic rings. The fourth-order valence-corrected chi connectivity index (χ4v) is 1.96. The molecule has 0 saturated heterocycles. The second-order valence-electron chi connectivity index (χ2n) is 3.64. The van der Waals surface area contributed by atoms with Gasteiger partial charge in [-0.2, -0.15) is 0 Å². The molecule has 1 rings (SSSR count). The highest BCUT2D eigenvalue weighted by atomic mass is 35.5. The number of benzene rings is 1. The Kier molecular flexibility index (Phi) is 4.51.